The van der Waals surface area contributed by atoms with E-state index in [9.17, 15) is 4.79 Å². The Morgan fingerprint density at radius 2 is 1.74 bits per heavy atom. The molecule has 2 aliphatic rings. The molecule has 4 heterocycles. The number of aryl methyl sites for hydroxylation is 2. The Bertz CT molecular complexity index is 1420. The quantitative estimate of drug-likeness (QED) is 0.453. The normalized spacial score (nSPS) is 15.5. The largest absolute Gasteiger partial charge is 0.454 e. The summed E-state index contributed by atoms with van der Waals surface area (Å²) in [6.07, 6.45) is 0.840. The van der Waals surface area contributed by atoms with Gasteiger partial charge < -0.3 is 19.3 Å². The predicted molar refractivity (Wildman–Crippen MR) is 131 cm³/mol. The monoisotopic (exact) mass is 470 g/mol. The van der Waals surface area contributed by atoms with Crippen LogP contribution < -0.4 is 14.4 Å². The molecule has 2 aromatic heterocycles. The lowest BCUT2D eigenvalue weighted by molar-refractivity contribution is 0.0766. The summed E-state index contributed by atoms with van der Waals surface area (Å²) in [5.74, 6) is 2.88. The first kappa shape index (κ1) is 21.4. The van der Waals surface area contributed by atoms with Gasteiger partial charge in [0.2, 0.25) is 6.79 Å². The van der Waals surface area contributed by atoms with Crippen LogP contribution in [0.15, 0.2) is 48.5 Å². The van der Waals surface area contributed by atoms with Gasteiger partial charge in [0.05, 0.1) is 16.8 Å². The molecule has 0 atom stereocenters. The van der Waals surface area contributed by atoms with Crippen molar-refractivity contribution in [3.63, 3.8) is 0 Å². The molecule has 2 aromatic carbocycles. The zero-order chi connectivity index (χ0) is 23.9. The van der Waals surface area contributed by atoms with Gasteiger partial charge in [0.25, 0.3) is 5.91 Å². The Morgan fingerprint density at radius 1 is 0.914 bits per heavy atom. The third-order valence-electron chi connectivity index (χ3n) is 6.50. The Hall–Kier alpha value is -4.14. The van der Waals surface area contributed by atoms with E-state index in [2.05, 4.69) is 4.90 Å². The number of hydrogen-bond acceptors (Lipinski definition) is 7. The SMILES string of the molecule is Cc1nc(N2CCCN(C(=O)c3ccc4c(c3)OCO4)CC2)c2c(C)nn(-c3ccccc3)c2n1. The van der Waals surface area contributed by atoms with Gasteiger partial charge in [-0.3, -0.25) is 4.79 Å². The number of anilines is 1. The van der Waals surface area contributed by atoms with Crippen molar-refractivity contribution in [1.82, 2.24) is 24.6 Å². The van der Waals surface area contributed by atoms with Crippen molar-refractivity contribution in [3.8, 4) is 17.2 Å². The van der Waals surface area contributed by atoms with Gasteiger partial charge in [0.1, 0.15) is 11.6 Å². The van der Waals surface area contributed by atoms with Crippen LogP contribution in [0.4, 0.5) is 5.82 Å². The molecule has 9 heteroatoms. The molecule has 0 spiro atoms. The lowest BCUT2D eigenvalue weighted by Crippen LogP contribution is -2.35. The molecule has 0 unspecified atom stereocenters. The van der Waals surface area contributed by atoms with Gasteiger partial charge in [-0.2, -0.15) is 5.10 Å². The molecule has 0 aliphatic carbocycles. The third kappa shape index (κ3) is 3.82. The number of amides is 1. The minimum absolute atomic E-state index is 0.00208. The molecule has 0 bridgehead atoms. The average molecular weight is 471 g/mol. The molecule has 0 radical (unpaired) electrons. The van der Waals surface area contributed by atoms with E-state index < -0.39 is 0 Å². The molecule has 4 aromatic rings. The van der Waals surface area contributed by atoms with E-state index in [-0.39, 0.29) is 12.7 Å². The van der Waals surface area contributed by atoms with Gasteiger partial charge in [0, 0.05) is 31.7 Å². The fourth-order valence-electron chi connectivity index (χ4n) is 4.79. The molecule has 2 aliphatic heterocycles. The molecule has 0 N–H and O–H groups in total. The van der Waals surface area contributed by atoms with Crippen molar-refractivity contribution in [1.29, 1.82) is 0 Å². The van der Waals surface area contributed by atoms with Crippen molar-refractivity contribution in [2.45, 2.75) is 20.3 Å². The van der Waals surface area contributed by atoms with E-state index in [0.29, 0.717) is 42.5 Å². The standard InChI is InChI=1S/C26H26N6O3/c1-17-23-24(27-18(2)28-25(23)32(29-17)20-7-4-3-5-8-20)30-11-6-12-31(14-13-30)26(33)19-9-10-21-22(15-19)35-16-34-21/h3-5,7-10,15H,6,11-14,16H2,1-2H3. The van der Waals surface area contributed by atoms with E-state index in [1.807, 2.05) is 53.8 Å². The highest BCUT2D eigenvalue weighted by molar-refractivity contribution is 5.95. The third-order valence-corrected chi connectivity index (χ3v) is 6.50. The van der Waals surface area contributed by atoms with Crippen molar-refractivity contribution in [3.05, 3.63) is 65.6 Å². The van der Waals surface area contributed by atoms with E-state index in [1.54, 1.807) is 18.2 Å². The summed E-state index contributed by atoms with van der Waals surface area (Å²) < 4.78 is 12.7. The maximum atomic E-state index is 13.2. The maximum Gasteiger partial charge on any atom is 0.254 e. The van der Waals surface area contributed by atoms with E-state index in [4.69, 9.17) is 24.5 Å². The van der Waals surface area contributed by atoms with Gasteiger partial charge in [-0.1, -0.05) is 18.2 Å². The maximum absolute atomic E-state index is 13.2. The lowest BCUT2D eigenvalue weighted by atomic mass is 10.1. The van der Waals surface area contributed by atoms with E-state index in [1.165, 1.54) is 0 Å². The van der Waals surface area contributed by atoms with Gasteiger partial charge in [-0.15, -0.1) is 0 Å². The minimum atomic E-state index is 0.00208. The number of para-hydroxylation sites is 1. The molecule has 6 rings (SSSR count). The zero-order valence-electron chi connectivity index (χ0n) is 19.8. The topological polar surface area (TPSA) is 85.6 Å². The van der Waals surface area contributed by atoms with Crippen LogP contribution in [0.2, 0.25) is 0 Å². The molecule has 178 valence electrons. The lowest BCUT2D eigenvalue weighted by Gasteiger charge is -2.24. The summed E-state index contributed by atoms with van der Waals surface area (Å²) in [7, 11) is 0. The second-order valence-corrected chi connectivity index (χ2v) is 8.83. The Labute approximate surface area is 202 Å². The second-order valence-electron chi connectivity index (χ2n) is 8.83. The number of rotatable bonds is 3. The molecule has 9 nitrogen and oxygen atoms in total. The summed E-state index contributed by atoms with van der Waals surface area (Å²) in [5.41, 5.74) is 3.26. The van der Waals surface area contributed by atoms with Crippen LogP contribution in [0.3, 0.4) is 0 Å². The Morgan fingerprint density at radius 3 is 2.60 bits per heavy atom. The van der Waals surface area contributed by atoms with Gasteiger partial charge in [0.15, 0.2) is 17.1 Å². The summed E-state index contributed by atoms with van der Waals surface area (Å²) >= 11 is 0. The zero-order valence-corrected chi connectivity index (χ0v) is 19.8. The highest BCUT2D eigenvalue weighted by Gasteiger charge is 2.26. The summed E-state index contributed by atoms with van der Waals surface area (Å²) in [6, 6.07) is 15.4. The van der Waals surface area contributed by atoms with Crippen LogP contribution in [0, 0.1) is 13.8 Å². The van der Waals surface area contributed by atoms with Crippen molar-refractivity contribution >= 4 is 22.8 Å². The molecular formula is C26H26N6O3. The number of aromatic nitrogens is 4. The van der Waals surface area contributed by atoms with Crippen LogP contribution >= 0.6 is 0 Å². The molecule has 1 saturated heterocycles. The number of fused-ring (bicyclic) bond motifs is 2. The van der Waals surface area contributed by atoms with E-state index >= 15 is 0 Å². The van der Waals surface area contributed by atoms with Crippen LogP contribution in [0.25, 0.3) is 16.7 Å². The van der Waals surface area contributed by atoms with E-state index in [0.717, 1.165) is 41.2 Å². The summed E-state index contributed by atoms with van der Waals surface area (Å²) in [4.78, 5) is 27.0. The Kier molecular flexibility index (Phi) is 5.24. The van der Waals surface area contributed by atoms with Gasteiger partial charge >= 0.3 is 0 Å². The smallest absolute Gasteiger partial charge is 0.254 e. The van der Waals surface area contributed by atoms with Crippen LogP contribution in [0.5, 0.6) is 11.5 Å². The average Bonchev–Trinajstić information content (AvgIpc) is 3.39. The number of nitrogens with zero attached hydrogens (tertiary/aromatic N) is 6. The highest BCUT2D eigenvalue weighted by Crippen LogP contribution is 2.33. The molecular weight excluding hydrogens is 444 g/mol. The minimum Gasteiger partial charge on any atom is -0.454 e. The number of ether oxygens (including phenoxy) is 2. The molecule has 0 saturated carbocycles. The first-order valence-electron chi connectivity index (χ1n) is 11.8. The first-order chi connectivity index (χ1) is 17.1. The van der Waals surface area contributed by atoms with Crippen LogP contribution in [-0.4, -0.2) is 63.5 Å². The second kappa shape index (κ2) is 8.57. The first-order valence-corrected chi connectivity index (χ1v) is 11.8. The van der Waals surface area contributed by atoms with Crippen molar-refractivity contribution in [2.24, 2.45) is 0 Å². The fourth-order valence-corrected chi connectivity index (χ4v) is 4.79. The van der Waals surface area contributed by atoms with Gasteiger partial charge in [-0.25, -0.2) is 14.6 Å². The number of benzene rings is 2. The Balaban J connectivity index is 1.29. The highest BCUT2D eigenvalue weighted by atomic mass is 16.7. The number of carbonyl (C=O) groups is 1. The van der Waals surface area contributed by atoms with Crippen LogP contribution in [-0.2, 0) is 0 Å². The summed E-state index contributed by atoms with van der Waals surface area (Å²) in [5, 5.41) is 5.75. The van der Waals surface area contributed by atoms with Gasteiger partial charge in [-0.05, 0) is 50.6 Å². The summed E-state index contributed by atoms with van der Waals surface area (Å²) in [6.45, 7) is 6.86. The van der Waals surface area contributed by atoms with Crippen molar-refractivity contribution in [2.75, 3.05) is 37.9 Å². The molecule has 1 fully saturated rings. The predicted octanol–water partition coefficient (Wildman–Crippen LogP) is 3.51. The number of hydrogen-bond donors (Lipinski definition) is 0. The fraction of sp³-hybridized carbons (Fsp3) is 0.308. The van der Waals surface area contributed by atoms with Crippen LogP contribution in [0.1, 0.15) is 28.3 Å². The molecule has 1 amide bonds. The number of carbonyl (C=O) groups excluding carboxylic acids is 1. The van der Waals surface area contributed by atoms with Crippen molar-refractivity contribution < 1.29 is 14.3 Å². The molecule has 35 heavy (non-hydrogen) atoms.